The number of anilines is 1. The molecule has 1 heterocycles. The molecule has 1 atom stereocenters. The number of ether oxygens (including phenoxy) is 2. The van der Waals surface area contributed by atoms with Crippen molar-refractivity contribution in [1.29, 1.82) is 0 Å². The lowest BCUT2D eigenvalue weighted by atomic mass is 10.1. The van der Waals surface area contributed by atoms with Gasteiger partial charge in [0.1, 0.15) is 17.6 Å². The molecule has 0 fully saturated rings. The molecular formula is C20H23NO4. The number of benzene rings is 2. The maximum absolute atomic E-state index is 10.7. The molecule has 0 saturated carbocycles. The molecule has 1 aliphatic rings. The van der Waals surface area contributed by atoms with Crippen molar-refractivity contribution >= 4 is 11.7 Å². The van der Waals surface area contributed by atoms with Crippen molar-refractivity contribution in [1.82, 2.24) is 0 Å². The largest absolute Gasteiger partial charge is 0.497 e. The lowest BCUT2D eigenvalue weighted by Gasteiger charge is -2.13. The summed E-state index contributed by atoms with van der Waals surface area (Å²) in [4.78, 5) is 10.7. The maximum Gasteiger partial charge on any atom is 0.303 e. The van der Waals surface area contributed by atoms with Gasteiger partial charge in [0.15, 0.2) is 0 Å². The highest BCUT2D eigenvalue weighted by Crippen LogP contribution is 2.36. The quantitative estimate of drug-likeness (QED) is 0.805. The highest BCUT2D eigenvalue weighted by atomic mass is 16.5. The summed E-state index contributed by atoms with van der Waals surface area (Å²) in [6, 6.07) is 11.9. The molecule has 0 amide bonds. The fourth-order valence-electron chi connectivity index (χ4n) is 3.11. The van der Waals surface area contributed by atoms with E-state index in [1.165, 1.54) is 5.56 Å². The molecule has 5 heteroatoms. The molecule has 0 aromatic heterocycles. The Morgan fingerprint density at radius 1 is 1.36 bits per heavy atom. The van der Waals surface area contributed by atoms with Gasteiger partial charge < -0.3 is 19.9 Å². The van der Waals surface area contributed by atoms with Crippen molar-refractivity contribution in [3.05, 3.63) is 53.1 Å². The van der Waals surface area contributed by atoms with Gasteiger partial charge in [0.05, 0.1) is 7.11 Å². The molecule has 2 N–H and O–H groups in total. The van der Waals surface area contributed by atoms with E-state index in [-0.39, 0.29) is 12.5 Å². The monoisotopic (exact) mass is 341 g/mol. The van der Waals surface area contributed by atoms with E-state index in [9.17, 15) is 4.79 Å². The highest BCUT2D eigenvalue weighted by Gasteiger charge is 2.23. The van der Waals surface area contributed by atoms with E-state index in [0.29, 0.717) is 13.0 Å². The average Bonchev–Trinajstić information content (AvgIpc) is 2.98. The van der Waals surface area contributed by atoms with E-state index in [1.54, 1.807) is 7.11 Å². The number of rotatable bonds is 7. The molecule has 1 aliphatic heterocycles. The lowest BCUT2D eigenvalue weighted by Crippen LogP contribution is -2.07. The number of aliphatic carboxylic acids is 1. The van der Waals surface area contributed by atoms with E-state index in [2.05, 4.69) is 12.2 Å². The van der Waals surface area contributed by atoms with Gasteiger partial charge >= 0.3 is 5.97 Å². The molecule has 3 rings (SSSR count). The number of carboxylic acid groups (broad SMARTS) is 1. The zero-order chi connectivity index (χ0) is 17.8. The van der Waals surface area contributed by atoms with Gasteiger partial charge in [-0.05, 0) is 43.2 Å². The first-order valence-corrected chi connectivity index (χ1v) is 8.46. The van der Waals surface area contributed by atoms with Gasteiger partial charge in [-0.15, -0.1) is 0 Å². The van der Waals surface area contributed by atoms with Crippen LogP contribution in [0.25, 0.3) is 0 Å². The summed E-state index contributed by atoms with van der Waals surface area (Å²) in [7, 11) is 1.67. The topological polar surface area (TPSA) is 67.8 Å². The predicted octanol–water partition coefficient (Wildman–Crippen LogP) is 3.65. The van der Waals surface area contributed by atoms with Crippen LogP contribution in [0.1, 0.15) is 30.0 Å². The third-order valence-corrected chi connectivity index (χ3v) is 4.32. The van der Waals surface area contributed by atoms with Crippen LogP contribution < -0.4 is 14.8 Å². The standard InChI is InChI=1S/C20H23NO4/c1-13-8-15-10-18(24-2)11-16(20(15)25-13)12-21-17-5-3-4-14(9-17)6-7-19(22)23/h3-5,9-11,13,21H,6-8,12H2,1-2H3,(H,22,23). The molecule has 1 unspecified atom stereocenters. The van der Waals surface area contributed by atoms with Crippen molar-refractivity contribution in [2.45, 2.75) is 38.8 Å². The Labute approximate surface area is 147 Å². The summed E-state index contributed by atoms with van der Waals surface area (Å²) in [5, 5.41) is 12.2. The second kappa shape index (κ2) is 7.47. The molecule has 0 bridgehead atoms. The Hall–Kier alpha value is -2.69. The van der Waals surface area contributed by atoms with E-state index in [1.807, 2.05) is 36.4 Å². The van der Waals surface area contributed by atoms with Crippen molar-refractivity contribution in [2.75, 3.05) is 12.4 Å². The Morgan fingerprint density at radius 2 is 2.20 bits per heavy atom. The Kier molecular flexibility index (Phi) is 5.12. The third-order valence-electron chi connectivity index (χ3n) is 4.32. The van der Waals surface area contributed by atoms with Crippen molar-refractivity contribution in [3.8, 4) is 11.5 Å². The first-order valence-electron chi connectivity index (χ1n) is 8.46. The molecule has 0 saturated heterocycles. The summed E-state index contributed by atoms with van der Waals surface area (Å²) >= 11 is 0. The third kappa shape index (κ3) is 4.24. The van der Waals surface area contributed by atoms with Crippen molar-refractivity contribution in [2.24, 2.45) is 0 Å². The number of carbonyl (C=O) groups is 1. The first kappa shape index (κ1) is 17.1. The molecule has 5 nitrogen and oxygen atoms in total. The fourth-order valence-corrected chi connectivity index (χ4v) is 3.11. The molecule has 2 aromatic carbocycles. The molecule has 132 valence electrons. The summed E-state index contributed by atoms with van der Waals surface area (Å²) in [5.41, 5.74) is 4.21. The number of methoxy groups -OCH3 is 1. The second-order valence-corrected chi connectivity index (χ2v) is 6.36. The van der Waals surface area contributed by atoms with Crippen LogP contribution >= 0.6 is 0 Å². The molecular weight excluding hydrogens is 318 g/mol. The van der Waals surface area contributed by atoms with Crippen LogP contribution in [0.2, 0.25) is 0 Å². The summed E-state index contributed by atoms with van der Waals surface area (Å²) in [5.74, 6) is 1.00. The van der Waals surface area contributed by atoms with Gasteiger partial charge in [0.25, 0.3) is 0 Å². The van der Waals surface area contributed by atoms with Gasteiger partial charge in [-0.2, -0.15) is 0 Å². The van der Waals surface area contributed by atoms with Crippen LogP contribution in [0.5, 0.6) is 11.5 Å². The van der Waals surface area contributed by atoms with Gasteiger partial charge in [-0.25, -0.2) is 0 Å². The van der Waals surface area contributed by atoms with Gasteiger partial charge in [-0.1, -0.05) is 12.1 Å². The number of aryl methyl sites for hydroxylation is 1. The average molecular weight is 341 g/mol. The van der Waals surface area contributed by atoms with E-state index >= 15 is 0 Å². The van der Waals surface area contributed by atoms with Crippen molar-refractivity contribution < 1.29 is 19.4 Å². The molecule has 0 radical (unpaired) electrons. The van der Waals surface area contributed by atoms with Crippen LogP contribution in [-0.2, 0) is 24.2 Å². The number of hydrogen-bond acceptors (Lipinski definition) is 4. The Balaban J connectivity index is 1.73. The smallest absolute Gasteiger partial charge is 0.303 e. The van der Waals surface area contributed by atoms with E-state index in [0.717, 1.165) is 34.7 Å². The number of fused-ring (bicyclic) bond motifs is 1. The van der Waals surface area contributed by atoms with Crippen LogP contribution in [0.3, 0.4) is 0 Å². The first-order chi connectivity index (χ1) is 12.0. The molecule has 2 aromatic rings. The maximum atomic E-state index is 10.7. The zero-order valence-electron chi connectivity index (χ0n) is 14.5. The van der Waals surface area contributed by atoms with Crippen LogP contribution in [-0.4, -0.2) is 24.3 Å². The van der Waals surface area contributed by atoms with E-state index in [4.69, 9.17) is 14.6 Å². The Morgan fingerprint density at radius 3 is 2.96 bits per heavy atom. The zero-order valence-corrected chi connectivity index (χ0v) is 14.5. The fraction of sp³-hybridized carbons (Fsp3) is 0.350. The van der Waals surface area contributed by atoms with Crippen LogP contribution in [0, 0.1) is 0 Å². The number of carboxylic acids is 1. The normalized spacial score (nSPS) is 15.4. The van der Waals surface area contributed by atoms with Crippen LogP contribution in [0.15, 0.2) is 36.4 Å². The van der Waals surface area contributed by atoms with Crippen molar-refractivity contribution in [3.63, 3.8) is 0 Å². The lowest BCUT2D eigenvalue weighted by molar-refractivity contribution is -0.136. The highest BCUT2D eigenvalue weighted by molar-refractivity contribution is 5.67. The van der Waals surface area contributed by atoms with Crippen LogP contribution in [0.4, 0.5) is 5.69 Å². The minimum Gasteiger partial charge on any atom is -0.497 e. The Bertz CT molecular complexity index is 772. The predicted molar refractivity (Wildman–Crippen MR) is 96.5 cm³/mol. The minimum absolute atomic E-state index is 0.137. The molecule has 0 spiro atoms. The van der Waals surface area contributed by atoms with E-state index < -0.39 is 5.97 Å². The second-order valence-electron chi connectivity index (χ2n) is 6.36. The van der Waals surface area contributed by atoms with Gasteiger partial charge in [-0.3, -0.25) is 4.79 Å². The SMILES string of the molecule is COc1cc(CNc2cccc(CCC(=O)O)c2)c2c(c1)CC(C)O2. The summed E-state index contributed by atoms with van der Waals surface area (Å²) in [6.45, 7) is 2.68. The molecule has 0 aliphatic carbocycles. The summed E-state index contributed by atoms with van der Waals surface area (Å²) in [6.07, 6.45) is 1.74. The number of nitrogens with one attached hydrogen (secondary N) is 1. The molecule has 25 heavy (non-hydrogen) atoms. The number of hydrogen-bond donors (Lipinski definition) is 2. The van der Waals surface area contributed by atoms with Gasteiger partial charge in [0, 0.05) is 36.2 Å². The minimum atomic E-state index is -0.781. The van der Waals surface area contributed by atoms with Gasteiger partial charge in [0.2, 0.25) is 0 Å². The summed E-state index contributed by atoms with van der Waals surface area (Å²) < 4.78 is 11.4.